The Balaban J connectivity index is 1.45. The number of amides is 1. The van der Waals surface area contributed by atoms with Gasteiger partial charge in [0.25, 0.3) is 0 Å². The van der Waals surface area contributed by atoms with Gasteiger partial charge in [0.2, 0.25) is 5.91 Å². The van der Waals surface area contributed by atoms with E-state index in [9.17, 15) is 0 Å². The number of fused-ring (bicyclic) bond motifs is 11. The molecule has 0 saturated heterocycles. The highest BCUT2D eigenvalue weighted by atomic mass is 35.5. The first-order chi connectivity index (χ1) is 21.6. The standard InChI is InChI=1S/C40H26ClNO2/c1-24-16-18-30-32(20-24)40(33-22-28(41)17-19-34(33)42(39(40)43)23-25-10-4-2-5-11-25)36-35-31(26-12-6-3-7-13-26)21-27-14-8-9-15-29(27)37(35)44-38(30)36/h2-22H,23H2,1H3. The van der Waals surface area contributed by atoms with E-state index in [1.165, 1.54) is 0 Å². The summed E-state index contributed by atoms with van der Waals surface area (Å²) < 4.78 is 6.98. The molecule has 6 aromatic carbocycles. The van der Waals surface area contributed by atoms with E-state index in [-0.39, 0.29) is 5.91 Å². The van der Waals surface area contributed by atoms with Gasteiger partial charge in [-0.15, -0.1) is 0 Å². The Hall–Kier alpha value is -5.12. The average molecular weight is 588 g/mol. The molecule has 2 aliphatic rings. The van der Waals surface area contributed by atoms with Crippen molar-refractivity contribution < 1.29 is 9.21 Å². The van der Waals surface area contributed by atoms with Crippen LogP contribution in [0, 0.1) is 6.92 Å². The van der Waals surface area contributed by atoms with Crippen LogP contribution in [0.15, 0.2) is 132 Å². The highest BCUT2D eigenvalue weighted by Gasteiger charge is 2.60. The third kappa shape index (κ3) is 3.30. The largest absolute Gasteiger partial charge is 0.455 e. The Bertz CT molecular complexity index is 2300. The van der Waals surface area contributed by atoms with E-state index in [1.807, 2.05) is 53.4 Å². The Kier molecular flexibility index (Phi) is 5.30. The Morgan fingerprint density at radius 3 is 2.32 bits per heavy atom. The number of furan rings is 1. The van der Waals surface area contributed by atoms with E-state index < -0.39 is 5.41 Å². The molecule has 3 nitrogen and oxygen atoms in total. The van der Waals surface area contributed by atoms with Gasteiger partial charge in [-0.1, -0.05) is 120 Å². The smallest absolute Gasteiger partial charge is 0.247 e. The third-order valence-electron chi connectivity index (χ3n) is 9.37. The summed E-state index contributed by atoms with van der Waals surface area (Å²) in [6, 6.07) is 43.4. The zero-order valence-corrected chi connectivity index (χ0v) is 24.7. The van der Waals surface area contributed by atoms with Gasteiger partial charge in [-0.25, -0.2) is 0 Å². The molecule has 1 atom stereocenters. The van der Waals surface area contributed by atoms with Crippen molar-refractivity contribution >= 4 is 44.9 Å². The van der Waals surface area contributed by atoms with Gasteiger partial charge >= 0.3 is 0 Å². The Morgan fingerprint density at radius 1 is 0.750 bits per heavy atom. The summed E-state index contributed by atoms with van der Waals surface area (Å²) in [5.41, 5.74) is 8.53. The van der Waals surface area contributed by atoms with Crippen molar-refractivity contribution in [3.05, 3.63) is 160 Å². The average Bonchev–Trinajstić information content (AvgIpc) is 3.65. The van der Waals surface area contributed by atoms with E-state index in [0.717, 1.165) is 77.7 Å². The van der Waals surface area contributed by atoms with E-state index >= 15 is 4.79 Å². The van der Waals surface area contributed by atoms with Gasteiger partial charge in [-0.05, 0) is 58.8 Å². The van der Waals surface area contributed by atoms with Gasteiger partial charge < -0.3 is 9.32 Å². The molecule has 1 aliphatic heterocycles. The normalized spacial score (nSPS) is 16.6. The topological polar surface area (TPSA) is 33.5 Å². The van der Waals surface area contributed by atoms with Crippen LogP contribution in [0.2, 0.25) is 5.02 Å². The third-order valence-corrected chi connectivity index (χ3v) is 9.60. The number of benzene rings is 6. The lowest BCUT2D eigenvalue weighted by molar-refractivity contribution is -0.120. The molecule has 0 N–H and O–H groups in total. The molecule has 1 amide bonds. The summed E-state index contributed by atoms with van der Waals surface area (Å²) in [6.45, 7) is 2.53. The monoisotopic (exact) mass is 587 g/mol. The Morgan fingerprint density at radius 2 is 1.50 bits per heavy atom. The summed E-state index contributed by atoms with van der Waals surface area (Å²) >= 11 is 6.77. The second-order valence-electron chi connectivity index (χ2n) is 11.9. The predicted octanol–water partition coefficient (Wildman–Crippen LogP) is 10.1. The van der Waals surface area contributed by atoms with Crippen molar-refractivity contribution in [3.8, 4) is 22.5 Å². The Labute approximate surface area is 259 Å². The lowest BCUT2D eigenvalue weighted by Gasteiger charge is -2.27. The second-order valence-corrected chi connectivity index (χ2v) is 12.3. The fourth-order valence-electron chi connectivity index (χ4n) is 7.52. The number of carbonyl (C=O) groups is 1. The van der Waals surface area contributed by atoms with Crippen molar-refractivity contribution in [3.63, 3.8) is 0 Å². The predicted molar refractivity (Wildman–Crippen MR) is 178 cm³/mol. The van der Waals surface area contributed by atoms with Crippen molar-refractivity contribution in [1.29, 1.82) is 0 Å². The summed E-state index contributed by atoms with van der Waals surface area (Å²) in [5, 5.41) is 3.69. The lowest BCUT2D eigenvalue weighted by Crippen LogP contribution is -2.40. The van der Waals surface area contributed by atoms with E-state index in [2.05, 4.69) is 85.8 Å². The van der Waals surface area contributed by atoms with Crippen LogP contribution in [-0.2, 0) is 16.8 Å². The first-order valence-corrected chi connectivity index (χ1v) is 15.2. The highest BCUT2D eigenvalue weighted by molar-refractivity contribution is 6.31. The summed E-state index contributed by atoms with van der Waals surface area (Å²) in [7, 11) is 0. The van der Waals surface area contributed by atoms with Crippen molar-refractivity contribution in [2.75, 3.05) is 4.90 Å². The van der Waals surface area contributed by atoms with Crippen LogP contribution in [0.1, 0.15) is 27.8 Å². The number of rotatable bonds is 3. The van der Waals surface area contributed by atoms with Crippen LogP contribution in [-0.4, -0.2) is 5.91 Å². The summed E-state index contributed by atoms with van der Waals surface area (Å²) in [4.78, 5) is 17.4. The fourth-order valence-corrected chi connectivity index (χ4v) is 7.70. The molecule has 1 aliphatic carbocycles. The number of aryl methyl sites for hydroxylation is 1. The van der Waals surface area contributed by atoms with E-state index in [1.54, 1.807) is 0 Å². The molecule has 0 fully saturated rings. The molecule has 1 spiro atoms. The minimum Gasteiger partial charge on any atom is -0.455 e. The minimum absolute atomic E-state index is 0.0130. The maximum absolute atomic E-state index is 15.4. The number of anilines is 1. The first kappa shape index (κ1) is 25.4. The maximum atomic E-state index is 15.4. The summed E-state index contributed by atoms with van der Waals surface area (Å²) in [5.74, 6) is 0.767. The van der Waals surface area contributed by atoms with Gasteiger partial charge in [0, 0.05) is 38.2 Å². The SMILES string of the molecule is Cc1ccc2c(c1)C1(C(=O)N(Cc3ccccc3)c3ccc(Cl)cc31)c1c-2oc2c1c(-c1ccccc1)cc1ccccc12. The van der Waals surface area contributed by atoms with Crippen molar-refractivity contribution in [2.24, 2.45) is 0 Å². The van der Waals surface area contributed by atoms with Crippen LogP contribution in [0.25, 0.3) is 44.2 Å². The zero-order valence-electron chi connectivity index (χ0n) is 24.0. The van der Waals surface area contributed by atoms with Gasteiger partial charge in [0.1, 0.15) is 16.8 Å². The molecule has 1 aromatic heterocycles. The highest BCUT2D eigenvalue weighted by Crippen LogP contribution is 2.63. The van der Waals surface area contributed by atoms with E-state index in [0.29, 0.717) is 11.6 Å². The molecule has 2 heterocycles. The molecule has 4 heteroatoms. The van der Waals surface area contributed by atoms with Gasteiger partial charge in [0.05, 0.1) is 6.54 Å². The zero-order chi connectivity index (χ0) is 29.6. The molecule has 44 heavy (non-hydrogen) atoms. The molecule has 0 bridgehead atoms. The number of carbonyl (C=O) groups excluding carboxylic acids is 1. The van der Waals surface area contributed by atoms with Gasteiger partial charge in [-0.3, -0.25) is 4.79 Å². The molecule has 9 rings (SSSR count). The second kappa shape index (κ2) is 9.19. The van der Waals surface area contributed by atoms with Crippen LogP contribution in [0.4, 0.5) is 5.69 Å². The first-order valence-electron chi connectivity index (χ1n) is 14.9. The number of nitrogens with zero attached hydrogens (tertiary/aromatic N) is 1. The van der Waals surface area contributed by atoms with Crippen LogP contribution >= 0.6 is 11.6 Å². The summed E-state index contributed by atoms with van der Waals surface area (Å²) in [6.07, 6.45) is 0. The molecule has 0 radical (unpaired) electrons. The van der Waals surface area contributed by atoms with Crippen LogP contribution < -0.4 is 4.90 Å². The minimum atomic E-state index is -1.12. The molecule has 210 valence electrons. The van der Waals surface area contributed by atoms with Crippen molar-refractivity contribution in [2.45, 2.75) is 18.9 Å². The van der Waals surface area contributed by atoms with Crippen molar-refractivity contribution in [1.82, 2.24) is 0 Å². The lowest BCUT2D eigenvalue weighted by atomic mass is 9.71. The van der Waals surface area contributed by atoms with Gasteiger partial charge in [-0.2, -0.15) is 0 Å². The van der Waals surface area contributed by atoms with Crippen LogP contribution in [0.3, 0.4) is 0 Å². The molecule has 0 saturated carbocycles. The molecule has 1 unspecified atom stereocenters. The quantitative estimate of drug-likeness (QED) is 0.206. The molecule has 7 aromatic rings. The molecular formula is C40H26ClNO2. The maximum Gasteiger partial charge on any atom is 0.247 e. The van der Waals surface area contributed by atoms with Crippen LogP contribution in [0.5, 0.6) is 0 Å². The van der Waals surface area contributed by atoms with Gasteiger partial charge in [0.15, 0.2) is 0 Å². The number of halogens is 1. The van der Waals surface area contributed by atoms with E-state index in [4.69, 9.17) is 16.0 Å². The fraction of sp³-hybridized carbons (Fsp3) is 0.0750. The molecular weight excluding hydrogens is 562 g/mol. The number of hydrogen-bond acceptors (Lipinski definition) is 2. The number of hydrogen-bond donors (Lipinski definition) is 0.